The first kappa shape index (κ1) is 23.9. The summed E-state index contributed by atoms with van der Waals surface area (Å²) in [6, 6.07) is 24.0. The average Bonchev–Trinajstić information content (AvgIpc) is 3.73. The number of rotatable bonds is 0. The maximum Gasteiger partial charge on any atom is 0.0927 e. The molecular formula is C32H18CuN8-2. The van der Waals surface area contributed by atoms with Gasteiger partial charge in [0.25, 0.3) is 0 Å². The first-order valence-electron chi connectivity index (χ1n) is 13.1. The maximum atomic E-state index is 5.01. The molecule has 3 aliphatic rings. The molecule has 1 radical (unpaired) electrons. The standard InChI is InChI=1S/C32H18N8.Cu/c1-2-10-18-17(9-1)25-33-26(18)38-28-21-13-5-6-14-22(21)30(35-28)40-32-24-16-8-7-15-23(24)31(36-32)39-29-20-12-4-3-11-19(20)27(34-29)37-25;/h1-18H;/q-2;. The number of fused-ring (bicyclic) bond motifs is 20. The van der Waals surface area contributed by atoms with Crippen molar-refractivity contribution in [3.05, 3.63) is 109 Å². The van der Waals surface area contributed by atoms with Crippen molar-refractivity contribution in [2.24, 2.45) is 0 Å². The fourth-order valence-corrected chi connectivity index (χ4v) is 5.78. The molecule has 6 aromatic rings. The largest absolute Gasteiger partial charge is 0.357 e. The summed E-state index contributed by atoms with van der Waals surface area (Å²) in [6.07, 6.45) is 8.31. The van der Waals surface area contributed by atoms with Crippen LogP contribution in [-0.4, -0.2) is 29.9 Å². The molecule has 0 saturated heterocycles. The Hall–Kier alpha value is -4.98. The van der Waals surface area contributed by atoms with Crippen molar-refractivity contribution in [1.82, 2.24) is 39.9 Å². The van der Waals surface area contributed by atoms with Crippen molar-refractivity contribution in [3.63, 3.8) is 0 Å². The molecule has 0 N–H and O–H groups in total. The van der Waals surface area contributed by atoms with Crippen molar-refractivity contribution in [2.45, 2.75) is 11.8 Å². The Morgan fingerprint density at radius 2 is 0.829 bits per heavy atom. The number of aromatic nitrogens is 8. The molecule has 9 rings (SSSR count). The Bertz CT molecular complexity index is 2110. The second-order valence-corrected chi connectivity index (χ2v) is 10.0. The van der Waals surface area contributed by atoms with Crippen molar-refractivity contribution in [1.29, 1.82) is 0 Å². The topological polar surface area (TPSA) is 106 Å². The predicted molar refractivity (Wildman–Crippen MR) is 153 cm³/mol. The summed E-state index contributed by atoms with van der Waals surface area (Å²) < 4.78 is 0. The van der Waals surface area contributed by atoms with Crippen LogP contribution < -0.4 is 9.97 Å². The third-order valence-electron chi connectivity index (χ3n) is 7.69. The zero-order valence-corrected chi connectivity index (χ0v) is 22.2. The smallest absolute Gasteiger partial charge is 0.0927 e. The van der Waals surface area contributed by atoms with E-state index >= 15 is 0 Å². The summed E-state index contributed by atoms with van der Waals surface area (Å²) in [5.74, 6) is 2.39. The molecular weight excluding hydrogens is 560 g/mol. The molecule has 1 aliphatic carbocycles. The molecule has 0 fully saturated rings. The van der Waals surface area contributed by atoms with Crippen molar-refractivity contribution < 1.29 is 17.1 Å². The zero-order valence-electron chi connectivity index (χ0n) is 21.3. The molecule has 0 amide bonds. The van der Waals surface area contributed by atoms with Crippen LogP contribution in [0.4, 0.5) is 0 Å². The number of hydrogen-bond donors (Lipinski definition) is 0. The van der Waals surface area contributed by atoms with Gasteiger partial charge in [-0.1, -0.05) is 97.1 Å². The third kappa shape index (κ3) is 3.60. The van der Waals surface area contributed by atoms with Gasteiger partial charge in [0.15, 0.2) is 0 Å². The van der Waals surface area contributed by atoms with E-state index in [1.807, 2.05) is 84.9 Å². The molecule has 0 spiro atoms. The predicted octanol–water partition coefficient (Wildman–Crippen LogP) is 5.78. The minimum absolute atomic E-state index is 0. The normalized spacial score (nSPS) is 16.9. The van der Waals surface area contributed by atoms with Gasteiger partial charge in [-0.05, 0) is 21.5 Å². The number of nitrogens with zero attached hydrogens (tertiary/aromatic N) is 8. The molecule has 0 saturated carbocycles. The molecule has 8 nitrogen and oxygen atoms in total. The van der Waals surface area contributed by atoms with Gasteiger partial charge >= 0.3 is 0 Å². The van der Waals surface area contributed by atoms with E-state index in [1.54, 1.807) is 0 Å². The second-order valence-electron chi connectivity index (χ2n) is 10.0. The van der Waals surface area contributed by atoms with Crippen LogP contribution in [0.5, 0.6) is 0 Å². The summed E-state index contributed by atoms with van der Waals surface area (Å²) in [5.41, 5.74) is 4.11. The van der Waals surface area contributed by atoms with E-state index in [2.05, 4.69) is 12.2 Å². The van der Waals surface area contributed by atoms with Gasteiger partial charge in [0, 0.05) is 62.6 Å². The molecule has 3 aromatic heterocycles. The van der Waals surface area contributed by atoms with E-state index in [0.29, 0.717) is 45.9 Å². The number of hydrogen-bond acceptors (Lipinski definition) is 6. The fraction of sp³-hybridized carbons (Fsp3) is 0.0625. The zero-order chi connectivity index (χ0) is 26.2. The minimum atomic E-state index is -0.0384. The molecule has 3 aromatic carbocycles. The fourth-order valence-electron chi connectivity index (χ4n) is 5.78. The Labute approximate surface area is 243 Å². The van der Waals surface area contributed by atoms with E-state index in [-0.39, 0.29) is 28.9 Å². The monoisotopic (exact) mass is 577 g/mol. The van der Waals surface area contributed by atoms with Crippen molar-refractivity contribution in [3.8, 4) is 22.8 Å². The summed E-state index contributed by atoms with van der Waals surface area (Å²) in [5, 5.41) is 3.65. The van der Waals surface area contributed by atoms with Gasteiger partial charge in [-0.15, -0.1) is 0 Å². The Morgan fingerprint density at radius 3 is 1.27 bits per heavy atom. The maximum absolute atomic E-state index is 5.01. The van der Waals surface area contributed by atoms with Crippen LogP contribution in [-0.2, 0) is 17.1 Å². The van der Waals surface area contributed by atoms with Gasteiger partial charge in [-0.2, -0.15) is 0 Å². The Kier molecular flexibility index (Phi) is 5.25. The van der Waals surface area contributed by atoms with Gasteiger partial charge in [0.1, 0.15) is 0 Å². The van der Waals surface area contributed by atoms with E-state index < -0.39 is 0 Å². The van der Waals surface area contributed by atoms with Gasteiger partial charge in [0.2, 0.25) is 0 Å². The van der Waals surface area contributed by atoms with Gasteiger partial charge in [-0.25, -0.2) is 4.98 Å². The van der Waals surface area contributed by atoms with Crippen LogP contribution in [0.2, 0.25) is 0 Å². The molecule has 2 aliphatic heterocycles. The van der Waals surface area contributed by atoms with Crippen LogP contribution in [0.1, 0.15) is 23.5 Å². The molecule has 2 atom stereocenters. The van der Waals surface area contributed by atoms with Crippen LogP contribution in [0.15, 0.2) is 97.1 Å². The SMILES string of the molecule is C1=CC2c3nc(nc4[n-]c(nc5nc(nc6[n-]c(n3)c3ccccc63)-c3ccccc3-5)c3ccccc43)C2C=C1.[Cu]. The van der Waals surface area contributed by atoms with Gasteiger partial charge in [-0.3, -0.25) is 4.98 Å². The van der Waals surface area contributed by atoms with Crippen LogP contribution in [0.3, 0.4) is 0 Å². The molecule has 8 bridgehead atoms. The minimum Gasteiger partial charge on any atom is -0.357 e. The van der Waals surface area contributed by atoms with Crippen molar-refractivity contribution >= 4 is 44.1 Å². The van der Waals surface area contributed by atoms with E-state index in [0.717, 1.165) is 32.7 Å². The Balaban J connectivity index is 0.00000256. The molecule has 199 valence electrons. The Morgan fingerprint density at radius 1 is 0.439 bits per heavy atom. The van der Waals surface area contributed by atoms with Crippen molar-refractivity contribution in [2.75, 3.05) is 0 Å². The summed E-state index contributed by atoms with van der Waals surface area (Å²) in [4.78, 5) is 39.5. The summed E-state index contributed by atoms with van der Waals surface area (Å²) in [7, 11) is 0. The molecule has 2 unspecified atom stereocenters. The van der Waals surface area contributed by atoms with E-state index in [9.17, 15) is 0 Å². The first-order valence-corrected chi connectivity index (χ1v) is 13.1. The average molecular weight is 578 g/mol. The van der Waals surface area contributed by atoms with Gasteiger partial charge < -0.3 is 29.9 Å². The van der Waals surface area contributed by atoms with E-state index in [4.69, 9.17) is 39.9 Å². The first-order chi connectivity index (χ1) is 19.8. The van der Waals surface area contributed by atoms with E-state index in [1.165, 1.54) is 0 Å². The number of benzene rings is 3. The summed E-state index contributed by atoms with van der Waals surface area (Å²) in [6.45, 7) is 0. The summed E-state index contributed by atoms with van der Waals surface area (Å²) >= 11 is 0. The van der Waals surface area contributed by atoms with Gasteiger partial charge in [0.05, 0.1) is 23.3 Å². The van der Waals surface area contributed by atoms with Crippen LogP contribution >= 0.6 is 0 Å². The number of allylic oxidation sites excluding steroid dienone is 4. The molecule has 41 heavy (non-hydrogen) atoms. The molecule has 5 heterocycles. The second kappa shape index (κ2) is 9.02. The quantitative estimate of drug-likeness (QED) is 0.209. The third-order valence-corrected chi connectivity index (χ3v) is 7.69. The van der Waals surface area contributed by atoms with Crippen LogP contribution in [0.25, 0.3) is 66.9 Å². The van der Waals surface area contributed by atoms with Crippen LogP contribution in [0, 0.1) is 0 Å². The molecule has 9 heteroatoms.